The van der Waals surface area contributed by atoms with Gasteiger partial charge in [0.1, 0.15) is 17.6 Å². The second-order valence-electron chi connectivity index (χ2n) is 9.10. The number of H-pyrrole nitrogens is 1. The van der Waals surface area contributed by atoms with Gasteiger partial charge in [0, 0.05) is 43.6 Å². The van der Waals surface area contributed by atoms with Gasteiger partial charge >= 0.3 is 4.87 Å². The number of carbonyl (C=O) groups is 2. The van der Waals surface area contributed by atoms with Crippen molar-refractivity contribution in [2.75, 3.05) is 4.90 Å². The van der Waals surface area contributed by atoms with Gasteiger partial charge < -0.3 is 9.72 Å². The smallest absolute Gasteiger partial charge is 0.305 e. The maximum Gasteiger partial charge on any atom is 0.305 e. The number of carbonyl (C=O) groups excluding carboxylic acids is 2. The molecule has 3 atom stereocenters. The summed E-state index contributed by atoms with van der Waals surface area (Å²) < 4.78 is 6.93. The van der Waals surface area contributed by atoms with Crippen molar-refractivity contribution in [2.45, 2.75) is 22.8 Å². The molecule has 0 saturated carbocycles. The van der Waals surface area contributed by atoms with Crippen molar-refractivity contribution in [3.05, 3.63) is 112 Å². The maximum absolute atomic E-state index is 14.0. The minimum atomic E-state index is -0.926. The van der Waals surface area contributed by atoms with Crippen LogP contribution in [0.1, 0.15) is 21.9 Å². The summed E-state index contributed by atoms with van der Waals surface area (Å²) in [6.45, 7) is 0.0637. The van der Waals surface area contributed by atoms with E-state index in [-0.39, 0.29) is 22.9 Å². The Morgan fingerprint density at radius 1 is 1.05 bits per heavy atom. The number of amides is 2. The Morgan fingerprint density at radius 2 is 1.80 bits per heavy atom. The van der Waals surface area contributed by atoms with Crippen LogP contribution in [0, 0.1) is 16.0 Å². The Labute approximate surface area is 248 Å². The van der Waals surface area contributed by atoms with Crippen LogP contribution in [-0.4, -0.2) is 27.0 Å². The van der Waals surface area contributed by atoms with Crippen molar-refractivity contribution < 1.29 is 19.2 Å². The molecule has 40 heavy (non-hydrogen) atoms. The van der Waals surface area contributed by atoms with Gasteiger partial charge in [0.2, 0.25) is 11.8 Å². The summed E-state index contributed by atoms with van der Waals surface area (Å²) in [5.74, 6) is -2.36. The minimum Gasteiger partial charge on any atom is -0.489 e. The number of fused-ring (bicyclic) bond motifs is 2. The zero-order chi connectivity index (χ0) is 28.1. The molecule has 1 aromatic heterocycles. The summed E-state index contributed by atoms with van der Waals surface area (Å²) in [6.07, 6.45) is 0. The Morgan fingerprint density at radius 3 is 2.52 bits per heavy atom. The number of nitro groups is 1. The van der Waals surface area contributed by atoms with E-state index in [2.05, 4.69) is 20.9 Å². The first-order valence-corrected chi connectivity index (χ1v) is 14.8. The molecule has 1 N–H and O–H groups in total. The van der Waals surface area contributed by atoms with Gasteiger partial charge in [0.15, 0.2) is 0 Å². The fraction of sp³-hybridized carbons (Fsp3) is 0.148. The van der Waals surface area contributed by atoms with Crippen LogP contribution in [0.3, 0.4) is 0 Å². The average molecular weight is 659 g/mol. The van der Waals surface area contributed by atoms with Crippen LogP contribution in [0.2, 0.25) is 5.02 Å². The molecule has 0 spiro atoms. The van der Waals surface area contributed by atoms with Crippen molar-refractivity contribution in [3.63, 3.8) is 0 Å². The van der Waals surface area contributed by atoms with E-state index in [4.69, 9.17) is 16.3 Å². The van der Waals surface area contributed by atoms with Crippen LogP contribution < -0.4 is 14.5 Å². The number of aromatic nitrogens is 1. The van der Waals surface area contributed by atoms with Crippen LogP contribution in [0.15, 0.2) is 81.0 Å². The highest BCUT2D eigenvalue weighted by Crippen LogP contribution is 2.55. The molecule has 3 aromatic carbocycles. The van der Waals surface area contributed by atoms with E-state index in [1.165, 1.54) is 18.2 Å². The molecule has 4 aromatic rings. The molecule has 9 nitrogen and oxygen atoms in total. The van der Waals surface area contributed by atoms with Crippen LogP contribution in [-0.2, 0) is 16.2 Å². The van der Waals surface area contributed by atoms with Gasteiger partial charge in [-0.1, -0.05) is 68.8 Å². The topological polar surface area (TPSA) is 123 Å². The van der Waals surface area contributed by atoms with E-state index in [1.54, 1.807) is 42.5 Å². The number of halogens is 2. The summed E-state index contributed by atoms with van der Waals surface area (Å²) in [7, 11) is 0. The van der Waals surface area contributed by atoms with E-state index >= 15 is 0 Å². The van der Waals surface area contributed by atoms with E-state index in [1.807, 2.05) is 6.07 Å². The number of nitrogens with one attached hydrogen (secondary N) is 1. The second-order valence-corrected chi connectivity index (χ2v) is 12.6. The number of benzene rings is 3. The lowest BCUT2D eigenvalue weighted by molar-refractivity contribution is -0.385. The van der Waals surface area contributed by atoms with Gasteiger partial charge in [0.25, 0.3) is 5.69 Å². The van der Waals surface area contributed by atoms with Crippen molar-refractivity contribution in [2.24, 2.45) is 5.92 Å². The quantitative estimate of drug-likeness (QED) is 0.150. The first-order valence-electron chi connectivity index (χ1n) is 11.9. The monoisotopic (exact) mass is 657 g/mol. The third-order valence-corrected chi connectivity index (χ3v) is 10.1. The van der Waals surface area contributed by atoms with Crippen LogP contribution in [0.4, 0.5) is 11.4 Å². The van der Waals surface area contributed by atoms with Crippen molar-refractivity contribution in [1.82, 2.24) is 4.98 Å². The number of ether oxygens (including phenoxy) is 1. The molecule has 2 aliphatic rings. The van der Waals surface area contributed by atoms with Gasteiger partial charge in [-0.3, -0.25) is 24.5 Å². The standard InChI is InChI=1S/C27H17BrClN3O6S2/c28-14-5-7-15(8-6-14)31-25(33)21-20(22-24(30-27(35)40-22)39-23(21)26(31)34)17-11-16(32(36)37)9-10-19(17)38-12-13-3-1-2-4-18(13)29/h1-11,20-21,23H,12H2,(H,30,35)/t20-,21-,23+/m1/s1. The number of thioether (sulfide) groups is 1. The fourth-order valence-corrected chi connectivity index (χ4v) is 7.95. The molecule has 202 valence electrons. The Balaban J connectivity index is 1.48. The molecule has 3 heterocycles. The number of thiazole rings is 1. The van der Waals surface area contributed by atoms with Crippen molar-refractivity contribution in [1.29, 1.82) is 0 Å². The minimum absolute atomic E-state index is 0.0637. The maximum atomic E-state index is 14.0. The highest BCUT2D eigenvalue weighted by atomic mass is 79.9. The predicted octanol–water partition coefficient (Wildman–Crippen LogP) is 6.14. The van der Waals surface area contributed by atoms with Crippen LogP contribution in [0.5, 0.6) is 5.75 Å². The molecule has 2 aliphatic heterocycles. The highest BCUT2D eigenvalue weighted by molar-refractivity contribution is 9.10. The highest BCUT2D eigenvalue weighted by Gasteiger charge is 2.57. The molecule has 0 aliphatic carbocycles. The fourth-order valence-electron chi connectivity index (χ4n) is 4.99. The Hall–Kier alpha value is -3.45. The van der Waals surface area contributed by atoms with Crippen molar-refractivity contribution in [3.8, 4) is 5.75 Å². The summed E-state index contributed by atoms with van der Waals surface area (Å²) in [4.78, 5) is 55.5. The molecule has 0 radical (unpaired) electrons. The summed E-state index contributed by atoms with van der Waals surface area (Å²) >= 11 is 11.7. The molecule has 13 heteroatoms. The first kappa shape index (κ1) is 26.8. The lowest BCUT2D eigenvalue weighted by Crippen LogP contribution is -2.32. The molecule has 0 unspecified atom stereocenters. The normalized spacial score (nSPS) is 19.9. The number of rotatable bonds is 6. The summed E-state index contributed by atoms with van der Waals surface area (Å²) in [5.41, 5.74) is 1.25. The lowest BCUT2D eigenvalue weighted by atomic mass is 9.82. The van der Waals surface area contributed by atoms with Crippen LogP contribution in [0.25, 0.3) is 0 Å². The number of imide groups is 1. The van der Waals surface area contributed by atoms with E-state index in [0.29, 0.717) is 31.7 Å². The summed E-state index contributed by atoms with van der Waals surface area (Å²) in [5, 5.41) is 11.9. The molecule has 6 rings (SSSR count). The van der Waals surface area contributed by atoms with E-state index in [0.717, 1.165) is 32.5 Å². The van der Waals surface area contributed by atoms with Gasteiger partial charge in [-0.25, -0.2) is 4.90 Å². The van der Waals surface area contributed by atoms with Crippen LogP contribution >= 0.6 is 50.6 Å². The summed E-state index contributed by atoms with van der Waals surface area (Å²) in [6, 6.07) is 18.1. The molecule has 1 fully saturated rings. The number of hydrogen-bond donors (Lipinski definition) is 1. The third kappa shape index (κ3) is 4.64. The van der Waals surface area contributed by atoms with Gasteiger partial charge in [0.05, 0.1) is 21.6 Å². The SMILES string of the molecule is O=C1[C@@H]2[C@@H](c3cc([N+](=O)[O-])ccc3OCc3ccccc3Cl)c3sc(=O)[nH]c3S[C@@H]2C(=O)N1c1ccc(Br)cc1. The number of non-ortho nitro benzene ring substituents is 1. The van der Waals surface area contributed by atoms with Gasteiger partial charge in [-0.05, 0) is 36.4 Å². The Kier molecular flexibility index (Phi) is 7.03. The molecule has 1 saturated heterocycles. The van der Waals surface area contributed by atoms with Gasteiger partial charge in [-0.2, -0.15) is 0 Å². The van der Waals surface area contributed by atoms with E-state index < -0.39 is 33.8 Å². The number of nitrogens with zero attached hydrogens (tertiary/aromatic N) is 2. The van der Waals surface area contributed by atoms with Crippen molar-refractivity contribution >= 4 is 73.8 Å². The molecule has 0 bridgehead atoms. The largest absolute Gasteiger partial charge is 0.489 e. The zero-order valence-corrected chi connectivity index (χ0v) is 24.2. The third-order valence-electron chi connectivity index (χ3n) is 6.79. The Bertz CT molecular complexity index is 1740. The predicted molar refractivity (Wildman–Crippen MR) is 155 cm³/mol. The average Bonchev–Trinajstić information content (AvgIpc) is 3.43. The number of aromatic amines is 1. The molecule has 2 amide bonds. The number of hydrogen-bond acceptors (Lipinski definition) is 8. The van der Waals surface area contributed by atoms with E-state index in [9.17, 15) is 24.5 Å². The lowest BCUT2D eigenvalue weighted by Gasteiger charge is -2.30. The number of anilines is 1. The zero-order valence-electron chi connectivity index (χ0n) is 20.2. The first-order chi connectivity index (χ1) is 19.2. The second kappa shape index (κ2) is 10.5. The molecular weight excluding hydrogens is 642 g/mol. The van der Waals surface area contributed by atoms with Gasteiger partial charge in [-0.15, -0.1) is 0 Å². The molecular formula is C27H17BrClN3O6S2. The number of nitro benzene ring substituents is 1.